The fourth-order valence-corrected chi connectivity index (χ4v) is 3.10. The highest BCUT2D eigenvalue weighted by Crippen LogP contribution is 2.47. The number of hydrogen-bond acceptors (Lipinski definition) is 4. The number of hydrogen-bond donors (Lipinski definition) is 0. The topological polar surface area (TPSA) is 52.6 Å². The molecule has 2 aliphatic rings. The van der Waals surface area contributed by atoms with E-state index in [1.54, 1.807) is 30.3 Å². The zero-order valence-corrected chi connectivity index (χ0v) is 12.1. The lowest BCUT2D eigenvalue weighted by molar-refractivity contribution is -0.0978. The number of esters is 1. The van der Waals surface area contributed by atoms with Crippen molar-refractivity contribution in [3.63, 3.8) is 0 Å². The third kappa shape index (κ3) is 1.58. The van der Waals surface area contributed by atoms with Gasteiger partial charge < -0.3 is 9.47 Å². The van der Waals surface area contributed by atoms with Crippen molar-refractivity contribution in [2.24, 2.45) is 0 Å². The highest BCUT2D eigenvalue weighted by Gasteiger charge is 2.58. The van der Waals surface area contributed by atoms with E-state index in [1.807, 2.05) is 12.1 Å². The normalized spacial score (nSPS) is 21.5. The van der Waals surface area contributed by atoms with Gasteiger partial charge in [-0.1, -0.05) is 31.5 Å². The second-order valence-electron chi connectivity index (χ2n) is 5.56. The first kappa shape index (κ1) is 13.1. The van der Waals surface area contributed by atoms with E-state index in [4.69, 9.17) is 9.47 Å². The Morgan fingerprint density at radius 1 is 1.00 bits per heavy atom. The van der Waals surface area contributed by atoms with Gasteiger partial charge in [0.15, 0.2) is 0 Å². The molecule has 0 N–H and O–H groups in total. The van der Waals surface area contributed by atoms with Gasteiger partial charge in [-0.2, -0.15) is 0 Å². The summed E-state index contributed by atoms with van der Waals surface area (Å²) in [5.41, 5.74) is 2.43. The Morgan fingerprint density at radius 3 is 2.64 bits per heavy atom. The van der Waals surface area contributed by atoms with Gasteiger partial charge >= 0.3 is 11.8 Å². The highest BCUT2D eigenvalue weighted by atomic mass is 16.7. The molecule has 4 nitrogen and oxygen atoms in total. The summed E-state index contributed by atoms with van der Waals surface area (Å²) < 4.78 is 11.2. The zero-order valence-electron chi connectivity index (χ0n) is 12.1. The minimum absolute atomic E-state index is 0.307. The number of aryl methyl sites for hydroxylation is 1. The summed E-state index contributed by atoms with van der Waals surface area (Å²) in [5.74, 6) is -2.00. The van der Waals surface area contributed by atoms with Crippen molar-refractivity contribution in [3.05, 3.63) is 64.7 Å². The van der Waals surface area contributed by atoms with E-state index in [2.05, 4.69) is 6.92 Å². The van der Waals surface area contributed by atoms with E-state index in [0.717, 1.165) is 18.4 Å². The molecule has 0 saturated carbocycles. The molecule has 0 amide bonds. The Hall–Kier alpha value is -2.62. The first-order chi connectivity index (χ1) is 10.7. The molecule has 0 aliphatic carbocycles. The smallest absolute Gasteiger partial charge is 0.347 e. The minimum Gasteiger partial charge on any atom is -0.441 e. The van der Waals surface area contributed by atoms with E-state index in [9.17, 15) is 9.59 Å². The first-order valence-corrected chi connectivity index (χ1v) is 7.35. The van der Waals surface area contributed by atoms with Crippen LogP contribution in [0.25, 0.3) is 0 Å². The van der Waals surface area contributed by atoms with E-state index in [1.165, 1.54) is 0 Å². The SMILES string of the molecule is CCCc1ccc2c(c1)C(=O)C1(OC(=O)c3ccccc31)O2. The Morgan fingerprint density at radius 2 is 1.82 bits per heavy atom. The fraction of sp³-hybridized carbons (Fsp3) is 0.222. The maximum absolute atomic E-state index is 12.9. The predicted molar refractivity (Wildman–Crippen MR) is 78.9 cm³/mol. The molecule has 0 radical (unpaired) electrons. The molecule has 2 aliphatic heterocycles. The molecule has 22 heavy (non-hydrogen) atoms. The molecule has 1 unspecified atom stereocenters. The van der Waals surface area contributed by atoms with Crippen molar-refractivity contribution >= 4 is 11.8 Å². The Labute approximate surface area is 127 Å². The van der Waals surface area contributed by atoms with Crippen LogP contribution in [0.15, 0.2) is 42.5 Å². The molecule has 0 bridgehead atoms. The maximum atomic E-state index is 12.9. The molecule has 0 fully saturated rings. The van der Waals surface area contributed by atoms with Crippen LogP contribution in [0.2, 0.25) is 0 Å². The van der Waals surface area contributed by atoms with E-state index < -0.39 is 11.8 Å². The van der Waals surface area contributed by atoms with Crippen LogP contribution in [-0.2, 0) is 16.9 Å². The van der Waals surface area contributed by atoms with Crippen LogP contribution >= 0.6 is 0 Å². The standard InChI is InChI=1S/C18H14O4/c1-2-5-11-8-9-15-13(10-11)16(19)18(21-15)14-7-4-3-6-12(14)17(20)22-18/h3-4,6-10H,2,5H2,1H3. The number of fused-ring (bicyclic) bond motifs is 3. The number of ketones is 1. The molecule has 2 heterocycles. The number of rotatable bonds is 2. The van der Waals surface area contributed by atoms with Crippen molar-refractivity contribution < 1.29 is 19.1 Å². The van der Waals surface area contributed by atoms with E-state index in [-0.39, 0.29) is 5.78 Å². The van der Waals surface area contributed by atoms with Gasteiger partial charge in [0.2, 0.25) is 0 Å². The molecule has 1 atom stereocenters. The summed E-state index contributed by atoms with van der Waals surface area (Å²) >= 11 is 0. The zero-order chi connectivity index (χ0) is 15.3. The number of carbonyl (C=O) groups excluding carboxylic acids is 2. The van der Waals surface area contributed by atoms with Crippen molar-refractivity contribution in [1.29, 1.82) is 0 Å². The molecule has 2 aromatic rings. The summed E-state index contributed by atoms with van der Waals surface area (Å²) in [6.07, 6.45) is 1.89. The van der Waals surface area contributed by atoms with Crippen molar-refractivity contribution in [2.75, 3.05) is 0 Å². The minimum atomic E-state index is -1.64. The largest absolute Gasteiger partial charge is 0.441 e. The summed E-state index contributed by atoms with van der Waals surface area (Å²) in [6.45, 7) is 2.09. The monoisotopic (exact) mass is 294 g/mol. The highest BCUT2D eigenvalue weighted by molar-refractivity contribution is 6.12. The molecule has 0 aromatic heterocycles. The van der Waals surface area contributed by atoms with Gasteiger partial charge in [0.25, 0.3) is 5.78 Å². The lowest BCUT2D eigenvalue weighted by atomic mass is 9.95. The van der Waals surface area contributed by atoms with Gasteiger partial charge in [-0.15, -0.1) is 0 Å². The van der Waals surface area contributed by atoms with E-state index in [0.29, 0.717) is 22.4 Å². The van der Waals surface area contributed by atoms with Gasteiger partial charge in [0, 0.05) is 0 Å². The molecule has 4 heteroatoms. The average molecular weight is 294 g/mol. The van der Waals surface area contributed by atoms with Gasteiger partial charge in [0.1, 0.15) is 5.75 Å². The van der Waals surface area contributed by atoms with Crippen LogP contribution in [-0.4, -0.2) is 11.8 Å². The van der Waals surface area contributed by atoms with Crippen LogP contribution in [0, 0.1) is 0 Å². The maximum Gasteiger partial charge on any atom is 0.347 e. The second-order valence-corrected chi connectivity index (χ2v) is 5.56. The van der Waals surface area contributed by atoms with Crippen LogP contribution in [0.1, 0.15) is 45.2 Å². The molecule has 2 aromatic carbocycles. The summed E-state index contributed by atoms with van der Waals surface area (Å²) in [7, 11) is 0. The van der Waals surface area contributed by atoms with Gasteiger partial charge in [-0.05, 0) is 36.2 Å². The van der Waals surface area contributed by atoms with Crippen LogP contribution in [0.4, 0.5) is 0 Å². The van der Waals surface area contributed by atoms with Gasteiger partial charge in [0.05, 0.1) is 16.7 Å². The Balaban J connectivity index is 1.84. The third-order valence-electron chi connectivity index (χ3n) is 4.12. The number of carbonyl (C=O) groups is 2. The molecule has 0 saturated heterocycles. The molecule has 110 valence electrons. The first-order valence-electron chi connectivity index (χ1n) is 7.35. The van der Waals surface area contributed by atoms with Gasteiger partial charge in [-0.25, -0.2) is 4.79 Å². The number of Topliss-reactive ketones (excluding diaryl/α,β-unsaturated/α-hetero) is 1. The van der Waals surface area contributed by atoms with Crippen LogP contribution < -0.4 is 4.74 Å². The Kier molecular flexibility index (Phi) is 2.64. The third-order valence-corrected chi connectivity index (χ3v) is 4.12. The quantitative estimate of drug-likeness (QED) is 0.798. The molecular weight excluding hydrogens is 280 g/mol. The average Bonchev–Trinajstić information content (AvgIpc) is 2.97. The van der Waals surface area contributed by atoms with Crippen molar-refractivity contribution in [1.82, 2.24) is 0 Å². The Bertz CT molecular complexity index is 808. The van der Waals surface area contributed by atoms with Crippen molar-refractivity contribution in [2.45, 2.75) is 25.6 Å². The number of ether oxygens (including phenoxy) is 2. The van der Waals surface area contributed by atoms with Crippen molar-refractivity contribution in [3.8, 4) is 5.75 Å². The summed E-state index contributed by atoms with van der Waals surface area (Å²) in [5, 5.41) is 0. The van der Waals surface area contributed by atoms with Gasteiger partial charge in [-0.3, -0.25) is 4.79 Å². The fourth-order valence-electron chi connectivity index (χ4n) is 3.10. The van der Waals surface area contributed by atoms with Crippen LogP contribution in [0.3, 0.4) is 0 Å². The lowest BCUT2D eigenvalue weighted by Crippen LogP contribution is -2.37. The summed E-state index contributed by atoms with van der Waals surface area (Å²) in [4.78, 5) is 24.9. The second kappa shape index (κ2) is 4.44. The predicted octanol–water partition coefficient (Wildman–Crippen LogP) is 3.24. The molecule has 4 rings (SSSR count). The number of benzene rings is 2. The molecule has 1 spiro atoms. The van der Waals surface area contributed by atoms with E-state index >= 15 is 0 Å². The summed E-state index contributed by atoms with van der Waals surface area (Å²) in [6, 6.07) is 12.4. The lowest BCUT2D eigenvalue weighted by Gasteiger charge is -2.20. The molecular formula is C18H14O4. The van der Waals surface area contributed by atoms with Crippen LogP contribution in [0.5, 0.6) is 5.75 Å².